The third-order valence-electron chi connectivity index (χ3n) is 2.91. The lowest BCUT2D eigenvalue weighted by atomic mass is 10.1. The minimum atomic E-state index is -0.104. The van der Waals surface area contributed by atoms with Crippen molar-refractivity contribution in [3.8, 4) is 0 Å². The van der Waals surface area contributed by atoms with E-state index in [0.717, 1.165) is 12.0 Å². The van der Waals surface area contributed by atoms with E-state index in [0.29, 0.717) is 0 Å². The van der Waals surface area contributed by atoms with E-state index in [1.54, 1.807) is 0 Å². The molecule has 94 valence electrons. The van der Waals surface area contributed by atoms with Gasteiger partial charge in [-0.25, -0.2) is 4.79 Å². The second kappa shape index (κ2) is 6.28. The van der Waals surface area contributed by atoms with Crippen molar-refractivity contribution in [1.82, 2.24) is 10.6 Å². The van der Waals surface area contributed by atoms with Crippen LogP contribution in [0.2, 0.25) is 0 Å². The van der Waals surface area contributed by atoms with Crippen molar-refractivity contribution in [2.45, 2.75) is 46.2 Å². The molecule has 0 bridgehead atoms. The maximum Gasteiger partial charge on any atom is 0.315 e. The van der Waals surface area contributed by atoms with Crippen LogP contribution >= 0.6 is 0 Å². The lowest BCUT2D eigenvalue weighted by molar-refractivity contribution is 0.234. The number of urea groups is 1. The number of carbonyl (C=O) groups excluding carboxylic acids is 1. The zero-order valence-corrected chi connectivity index (χ0v) is 11.1. The molecule has 0 aromatic heterocycles. The van der Waals surface area contributed by atoms with Crippen molar-refractivity contribution >= 4 is 6.03 Å². The normalized spacial score (nSPS) is 13.9. The van der Waals surface area contributed by atoms with Gasteiger partial charge in [-0.05, 0) is 32.8 Å². The van der Waals surface area contributed by atoms with Crippen LogP contribution < -0.4 is 10.6 Å². The van der Waals surface area contributed by atoms with E-state index in [2.05, 4.69) is 29.7 Å². The number of benzene rings is 1. The molecule has 2 atom stereocenters. The van der Waals surface area contributed by atoms with Gasteiger partial charge in [-0.1, -0.05) is 36.8 Å². The van der Waals surface area contributed by atoms with Crippen LogP contribution in [-0.2, 0) is 0 Å². The summed E-state index contributed by atoms with van der Waals surface area (Å²) in [6.45, 7) is 8.09. The van der Waals surface area contributed by atoms with Gasteiger partial charge in [0.2, 0.25) is 0 Å². The highest BCUT2D eigenvalue weighted by Crippen LogP contribution is 2.12. The molecule has 0 saturated carbocycles. The average Bonchev–Trinajstić information content (AvgIpc) is 2.29. The lowest BCUT2D eigenvalue weighted by Gasteiger charge is -2.17. The molecule has 3 heteroatoms. The van der Waals surface area contributed by atoms with Gasteiger partial charge in [0.15, 0.2) is 0 Å². The number of amides is 2. The van der Waals surface area contributed by atoms with Crippen molar-refractivity contribution in [1.29, 1.82) is 0 Å². The molecule has 0 aliphatic rings. The van der Waals surface area contributed by atoms with Crippen LogP contribution in [0.1, 0.15) is 44.4 Å². The molecule has 0 heterocycles. The number of hydrogen-bond acceptors (Lipinski definition) is 1. The van der Waals surface area contributed by atoms with E-state index in [1.807, 2.05) is 32.9 Å². The van der Waals surface area contributed by atoms with Gasteiger partial charge in [-0.2, -0.15) is 0 Å². The summed E-state index contributed by atoms with van der Waals surface area (Å²) in [6.07, 6.45) is 0.937. The van der Waals surface area contributed by atoms with Crippen LogP contribution in [0.4, 0.5) is 4.79 Å². The van der Waals surface area contributed by atoms with E-state index in [-0.39, 0.29) is 18.1 Å². The Labute approximate surface area is 104 Å². The van der Waals surface area contributed by atoms with Gasteiger partial charge in [-0.3, -0.25) is 0 Å². The Bertz CT molecular complexity index is 359. The Morgan fingerprint density at radius 3 is 2.29 bits per heavy atom. The molecule has 0 saturated heterocycles. The molecule has 0 aliphatic carbocycles. The van der Waals surface area contributed by atoms with Crippen molar-refractivity contribution in [2.24, 2.45) is 0 Å². The van der Waals surface area contributed by atoms with Gasteiger partial charge >= 0.3 is 6.03 Å². The molecular weight excluding hydrogens is 212 g/mol. The molecule has 0 aliphatic heterocycles. The van der Waals surface area contributed by atoms with E-state index >= 15 is 0 Å². The van der Waals surface area contributed by atoms with Gasteiger partial charge in [-0.15, -0.1) is 0 Å². The fraction of sp³-hybridized carbons (Fsp3) is 0.500. The monoisotopic (exact) mass is 234 g/mol. The van der Waals surface area contributed by atoms with Crippen LogP contribution in [-0.4, -0.2) is 12.1 Å². The summed E-state index contributed by atoms with van der Waals surface area (Å²) < 4.78 is 0. The standard InChI is InChI=1S/C14H22N2O/c1-5-11(3)15-14(17)16-12(4)13-8-6-10(2)7-9-13/h6-9,11-12H,5H2,1-4H3,(H2,15,16,17). The lowest BCUT2D eigenvalue weighted by Crippen LogP contribution is -2.41. The van der Waals surface area contributed by atoms with Gasteiger partial charge in [0.1, 0.15) is 0 Å². The Morgan fingerprint density at radius 1 is 1.18 bits per heavy atom. The summed E-state index contributed by atoms with van der Waals surface area (Å²) in [7, 11) is 0. The van der Waals surface area contributed by atoms with Crippen LogP contribution in [0.5, 0.6) is 0 Å². The quantitative estimate of drug-likeness (QED) is 0.825. The fourth-order valence-electron chi connectivity index (χ4n) is 1.50. The van der Waals surface area contributed by atoms with E-state index in [1.165, 1.54) is 5.56 Å². The Balaban J connectivity index is 2.51. The second-order valence-corrected chi connectivity index (χ2v) is 4.56. The van der Waals surface area contributed by atoms with Crippen molar-refractivity contribution in [3.63, 3.8) is 0 Å². The molecule has 0 radical (unpaired) electrons. The second-order valence-electron chi connectivity index (χ2n) is 4.56. The van der Waals surface area contributed by atoms with Crippen molar-refractivity contribution in [2.75, 3.05) is 0 Å². The van der Waals surface area contributed by atoms with Crippen LogP contribution in [0.25, 0.3) is 0 Å². The smallest absolute Gasteiger partial charge is 0.315 e. The number of nitrogens with one attached hydrogen (secondary N) is 2. The summed E-state index contributed by atoms with van der Waals surface area (Å²) in [5.41, 5.74) is 2.35. The average molecular weight is 234 g/mol. The minimum Gasteiger partial charge on any atom is -0.336 e. The largest absolute Gasteiger partial charge is 0.336 e. The summed E-state index contributed by atoms with van der Waals surface area (Å²) in [5.74, 6) is 0. The Kier molecular flexibility index (Phi) is 5.01. The van der Waals surface area contributed by atoms with E-state index in [4.69, 9.17) is 0 Å². The Hall–Kier alpha value is -1.51. The SMILES string of the molecule is CCC(C)NC(=O)NC(C)c1ccc(C)cc1. The van der Waals surface area contributed by atoms with Crippen LogP contribution in [0, 0.1) is 6.92 Å². The first-order valence-corrected chi connectivity index (χ1v) is 6.16. The topological polar surface area (TPSA) is 41.1 Å². The highest BCUT2D eigenvalue weighted by Gasteiger charge is 2.10. The van der Waals surface area contributed by atoms with Crippen molar-refractivity contribution < 1.29 is 4.79 Å². The Morgan fingerprint density at radius 2 is 1.76 bits per heavy atom. The van der Waals surface area contributed by atoms with Gasteiger partial charge in [0.05, 0.1) is 6.04 Å². The van der Waals surface area contributed by atoms with Crippen LogP contribution in [0.15, 0.2) is 24.3 Å². The maximum atomic E-state index is 11.6. The van der Waals surface area contributed by atoms with Crippen molar-refractivity contribution in [3.05, 3.63) is 35.4 Å². The first kappa shape index (κ1) is 13.6. The van der Waals surface area contributed by atoms with Crippen LogP contribution in [0.3, 0.4) is 0 Å². The van der Waals surface area contributed by atoms with E-state index in [9.17, 15) is 4.79 Å². The van der Waals surface area contributed by atoms with Gasteiger partial charge < -0.3 is 10.6 Å². The molecule has 3 nitrogen and oxygen atoms in total. The molecule has 2 amide bonds. The summed E-state index contributed by atoms with van der Waals surface area (Å²) in [6, 6.07) is 8.33. The number of carbonyl (C=O) groups is 1. The highest BCUT2D eigenvalue weighted by molar-refractivity contribution is 5.74. The minimum absolute atomic E-state index is 0.0275. The number of aryl methyl sites for hydroxylation is 1. The fourth-order valence-corrected chi connectivity index (χ4v) is 1.50. The molecule has 2 N–H and O–H groups in total. The maximum absolute atomic E-state index is 11.6. The summed E-state index contributed by atoms with van der Waals surface area (Å²) in [4.78, 5) is 11.6. The predicted octanol–water partition coefficient (Wildman–Crippen LogP) is 3.15. The molecular formula is C14H22N2O. The summed E-state index contributed by atoms with van der Waals surface area (Å²) >= 11 is 0. The molecule has 2 unspecified atom stereocenters. The zero-order chi connectivity index (χ0) is 12.8. The molecule has 1 rings (SSSR count). The van der Waals surface area contributed by atoms with E-state index < -0.39 is 0 Å². The molecule has 1 aromatic rings. The molecule has 17 heavy (non-hydrogen) atoms. The third kappa shape index (κ3) is 4.47. The predicted molar refractivity (Wildman–Crippen MR) is 71.0 cm³/mol. The third-order valence-corrected chi connectivity index (χ3v) is 2.91. The first-order valence-electron chi connectivity index (χ1n) is 6.16. The zero-order valence-electron chi connectivity index (χ0n) is 11.1. The van der Waals surface area contributed by atoms with Gasteiger partial charge in [0, 0.05) is 6.04 Å². The molecule has 1 aromatic carbocycles. The number of rotatable bonds is 4. The highest BCUT2D eigenvalue weighted by atomic mass is 16.2. The molecule has 0 spiro atoms. The van der Waals surface area contributed by atoms with Gasteiger partial charge in [0.25, 0.3) is 0 Å². The molecule has 0 fully saturated rings. The number of hydrogen-bond donors (Lipinski definition) is 2. The first-order chi connectivity index (χ1) is 8.02. The summed E-state index contributed by atoms with van der Waals surface area (Å²) in [5, 5.41) is 5.82.